The third-order valence-electron chi connectivity index (χ3n) is 2.98. The van der Waals surface area contributed by atoms with Gasteiger partial charge in [0.15, 0.2) is 5.69 Å². The zero-order chi connectivity index (χ0) is 19.9. The van der Waals surface area contributed by atoms with Crippen LogP contribution in [0.4, 0.5) is 5.69 Å². The quantitative estimate of drug-likeness (QED) is 0.172. The zero-order valence-corrected chi connectivity index (χ0v) is 13.6. The maximum Gasteiger partial charge on any atom is 0.397 e. The first-order valence-corrected chi connectivity index (χ1v) is 7.33. The van der Waals surface area contributed by atoms with Crippen molar-refractivity contribution in [3.05, 3.63) is 20.8 Å². The van der Waals surface area contributed by atoms with Crippen LogP contribution >= 0.6 is 0 Å². The van der Waals surface area contributed by atoms with Gasteiger partial charge in [-0.3, -0.25) is 19.6 Å². The molecule has 1 rings (SSSR count). The Kier molecular flexibility index (Phi) is 7.92. The summed E-state index contributed by atoms with van der Waals surface area (Å²) in [6.45, 7) is -0.199. The molecule has 13 nitrogen and oxygen atoms in total. The summed E-state index contributed by atoms with van der Waals surface area (Å²) >= 11 is 0. The topological polar surface area (TPSA) is 211 Å². The summed E-state index contributed by atoms with van der Waals surface area (Å²) in [6.07, 6.45) is -5.16. The molecule has 0 aliphatic carbocycles. The van der Waals surface area contributed by atoms with Crippen molar-refractivity contribution in [2.24, 2.45) is 0 Å². The number of hydrogen-bond acceptors (Lipinski definition) is 10. The number of hydrogen-bond donors (Lipinski definition) is 7. The fourth-order valence-corrected chi connectivity index (χ4v) is 1.68. The van der Waals surface area contributed by atoms with Gasteiger partial charge < -0.3 is 35.2 Å². The summed E-state index contributed by atoms with van der Waals surface area (Å²) in [5.74, 6) is -3.21. The van der Waals surface area contributed by atoms with Gasteiger partial charge in [0.25, 0.3) is 5.56 Å². The van der Waals surface area contributed by atoms with Gasteiger partial charge >= 0.3 is 17.6 Å². The second kappa shape index (κ2) is 9.67. The van der Waals surface area contributed by atoms with Crippen LogP contribution in [0.1, 0.15) is 6.92 Å². The number of nitrogens with one attached hydrogen (secondary N) is 3. The van der Waals surface area contributed by atoms with Crippen LogP contribution in [-0.2, 0) is 14.3 Å². The molecule has 146 valence electrons. The highest BCUT2D eigenvalue weighted by Gasteiger charge is 2.26. The lowest BCUT2D eigenvalue weighted by molar-refractivity contribution is -0.152. The summed E-state index contributed by atoms with van der Waals surface area (Å²) < 4.78 is 9.42. The predicted molar refractivity (Wildman–Crippen MR) is 83.5 cm³/mol. The monoisotopic (exact) mass is 377 g/mol. The Balaban J connectivity index is 2.97. The van der Waals surface area contributed by atoms with Gasteiger partial charge in [0.05, 0.1) is 13.2 Å². The maximum absolute atomic E-state index is 11.8. The minimum atomic E-state index is -1.79. The third kappa shape index (κ3) is 5.66. The summed E-state index contributed by atoms with van der Waals surface area (Å²) in [4.78, 5) is 49.9. The number of esters is 1. The Bertz CT molecular complexity index is 742. The fourth-order valence-electron chi connectivity index (χ4n) is 1.68. The number of aromatic amines is 2. The molecule has 0 fully saturated rings. The van der Waals surface area contributed by atoms with Crippen molar-refractivity contribution in [2.75, 3.05) is 25.1 Å². The van der Waals surface area contributed by atoms with Gasteiger partial charge in [0, 0.05) is 0 Å². The molecule has 1 heterocycles. The lowest BCUT2D eigenvalue weighted by atomic mass is 10.1. The number of carbonyl (C=O) groups is 2. The summed E-state index contributed by atoms with van der Waals surface area (Å²) in [7, 11) is 0. The van der Waals surface area contributed by atoms with Gasteiger partial charge in [-0.15, -0.1) is 0 Å². The minimum Gasteiger partial charge on any atom is -0.474 e. The van der Waals surface area contributed by atoms with Crippen molar-refractivity contribution in [3.8, 4) is 5.88 Å². The van der Waals surface area contributed by atoms with Crippen LogP contribution in [0.2, 0.25) is 0 Å². The van der Waals surface area contributed by atoms with Crippen molar-refractivity contribution in [3.63, 3.8) is 0 Å². The van der Waals surface area contributed by atoms with Crippen LogP contribution in [0.5, 0.6) is 5.88 Å². The van der Waals surface area contributed by atoms with Crippen LogP contribution in [0.25, 0.3) is 0 Å². The first kappa shape index (κ1) is 21.3. The predicted octanol–water partition coefficient (Wildman–Crippen LogP) is -3.98. The van der Waals surface area contributed by atoms with E-state index in [1.807, 2.05) is 10.3 Å². The first-order chi connectivity index (χ1) is 12.2. The SMILES string of the molecule is CCOC(=O)C(=O)Nc1c(OC[C@H](O)[C@H](O)[C@H](O)CO)[nH]c(=O)[nH]c1=O. The average molecular weight is 377 g/mol. The largest absolute Gasteiger partial charge is 0.474 e. The number of aliphatic hydroxyl groups is 4. The van der Waals surface area contributed by atoms with Crippen LogP contribution < -0.4 is 21.3 Å². The maximum atomic E-state index is 11.8. The number of amides is 1. The van der Waals surface area contributed by atoms with E-state index in [1.54, 1.807) is 4.98 Å². The number of ether oxygens (including phenoxy) is 2. The molecule has 0 radical (unpaired) electrons. The number of carbonyl (C=O) groups excluding carboxylic acids is 2. The summed E-state index contributed by atoms with van der Waals surface area (Å²) in [6, 6.07) is 0. The molecule has 0 spiro atoms. The van der Waals surface area contributed by atoms with Crippen molar-refractivity contribution < 1.29 is 39.5 Å². The van der Waals surface area contributed by atoms with E-state index in [-0.39, 0.29) is 6.61 Å². The van der Waals surface area contributed by atoms with Crippen LogP contribution in [0.15, 0.2) is 9.59 Å². The second-order valence-electron chi connectivity index (χ2n) is 4.91. The molecule has 7 N–H and O–H groups in total. The van der Waals surface area contributed by atoms with Gasteiger partial charge in [0.2, 0.25) is 5.88 Å². The Morgan fingerprint density at radius 2 is 1.81 bits per heavy atom. The van der Waals surface area contributed by atoms with Crippen LogP contribution in [0.3, 0.4) is 0 Å². The summed E-state index contributed by atoms with van der Waals surface area (Å²) in [5, 5.41) is 39.0. The smallest absolute Gasteiger partial charge is 0.397 e. The van der Waals surface area contributed by atoms with E-state index in [9.17, 15) is 34.5 Å². The van der Waals surface area contributed by atoms with Gasteiger partial charge in [-0.05, 0) is 6.92 Å². The molecule has 0 aliphatic rings. The number of rotatable bonds is 8. The van der Waals surface area contributed by atoms with Crippen LogP contribution in [-0.4, -0.2) is 80.4 Å². The molecular weight excluding hydrogens is 358 g/mol. The molecule has 0 saturated heterocycles. The first-order valence-electron chi connectivity index (χ1n) is 7.33. The molecule has 0 bridgehead atoms. The molecule has 1 amide bonds. The summed E-state index contributed by atoms with van der Waals surface area (Å²) in [5.41, 5.74) is -2.76. The van der Waals surface area contributed by atoms with E-state index in [4.69, 9.17) is 9.84 Å². The molecule has 26 heavy (non-hydrogen) atoms. The van der Waals surface area contributed by atoms with Gasteiger partial charge in [-0.2, -0.15) is 0 Å². The Labute approximate surface area is 145 Å². The van der Waals surface area contributed by atoms with Gasteiger partial charge in [-0.1, -0.05) is 0 Å². The Morgan fingerprint density at radius 3 is 2.38 bits per heavy atom. The highest BCUT2D eigenvalue weighted by molar-refractivity contribution is 6.37. The van der Waals surface area contributed by atoms with Crippen molar-refractivity contribution >= 4 is 17.6 Å². The van der Waals surface area contributed by atoms with Crippen molar-refractivity contribution in [1.29, 1.82) is 0 Å². The Hall–Kier alpha value is -2.74. The molecule has 0 aliphatic heterocycles. The highest BCUT2D eigenvalue weighted by atomic mass is 16.5. The third-order valence-corrected chi connectivity index (χ3v) is 2.98. The molecule has 13 heteroatoms. The molecule has 0 saturated carbocycles. The second-order valence-corrected chi connectivity index (χ2v) is 4.91. The molecule has 3 atom stereocenters. The standard InChI is InChI=1S/C13H19N3O10/c1-2-25-12(23)10(22)14-7-9(21)15-13(24)16-11(7)26-4-6(19)8(20)5(18)3-17/h5-6,8,17-20H,2-4H2,1H3,(H,14,22)(H2,15,16,21,24)/t5-,6+,8-/m1/s1. The normalized spacial score (nSPS) is 14.2. The van der Waals surface area contributed by atoms with Crippen LogP contribution in [0, 0.1) is 0 Å². The van der Waals surface area contributed by atoms with E-state index < -0.39 is 66.2 Å². The Morgan fingerprint density at radius 1 is 1.15 bits per heavy atom. The van der Waals surface area contributed by atoms with E-state index in [1.165, 1.54) is 6.92 Å². The van der Waals surface area contributed by atoms with Gasteiger partial charge in [0.1, 0.15) is 24.9 Å². The highest BCUT2D eigenvalue weighted by Crippen LogP contribution is 2.15. The molecule has 1 aromatic heterocycles. The number of aromatic nitrogens is 2. The van der Waals surface area contributed by atoms with Gasteiger partial charge in [-0.25, -0.2) is 9.59 Å². The number of aliphatic hydroxyl groups excluding tert-OH is 4. The lowest BCUT2D eigenvalue weighted by Gasteiger charge is -2.21. The minimum absolute atomic E-state index is 0.0884. The van der Waals surface area contributed by atoms with E-state index in [2.05, 4.69) is 4.74 Å². The number of H-pyrrole nitrogens is 2. The molecular formula is C13H19N3O10. The van der Waals surface area contributed by atoms with Crippen molar-refractivity contribution in [1.82, 2.24) is 9.97 Å². The van der Waals surface area contributed by atoms with E-state index in [0.717, 1.165) is 0 Å². The average Bonchev–Trinajstić information content (AvgIpc) is 2.60. The number of anilines is 1. The lowest BCUT2D eigenvalue weighted by Crippen LogP contribution is -2.42. The van der Waals surface area contributed by atoms with E-state index >= 15 is 0 Å². The van der Waals surface area contributed by atoms with Crippen molar-refractivity contribution in [2.45, 2.75) is 25.2 Å². The fraction of sp³-hybridized carbons (Fsp3) is 0.538. The molecule has 1 aromatic rings. The molecule has 0 aromatic carbocycles. The zero-order valence-electron chi connectivity index (χ0n) is 13.6. The molecule has 0 unspecified atom stereocenters. The van der Waals surface area contributed by atoms with E-state index in [0.29, 0.717) is 0 Å².